The van der Waals surface area contributed by atoms with Crippen molar-refractivity contribution in [3.63, 3.8) is 0 Å². The van der Waals surface area contributed by atoms with Gasteiger partial charge in [-0.2, -0.15) is 0 Å². The summed E-state index contributed by atoms with van der Waals surface area (Å²) < 4.78 is 0. The molecule has 0 aliphatic rings. The second-order valence-corrected chi connectivity index (χ2v) is 1.09. The molecule has 0 bridgehead atoms. The maximum atomic E-state index is 4.92. The van der Waals surface area contributed by atoms with Crippen molar-refractivity contribution in [1.29, 1.82) is 0 Å². The summed E-state index contributed by atoms with van der Waals surface area (Å²) >= 11 is 0. The number of hydrogen-bond donors (Lipinski definition) is 1. The minimum atomic E-state index is 0.615. The van der Waals surface area contributed by atoms with Crippen molar-refractivity contribution in [3.8, 4) is 12.3 Å². The molecule has 0 amide bonds. The van der Waals surface area contributed by atoms with E-state index in [1.807, 2.05) is 19.2 Å². The van der Waals surface area contributed by atoms with Crippen molar-refractivity contribution < 1.29 is 0 Å². The number of hydrogen-bond acceptors (Lipinski definition) is 1. The molecule has 0 heterocycles. The van der Waals surface area contributed by atoms with E-state index >= 15 is 0 Å². The standard InChI is InChI=1S/C6H9N/c1-3-5-7-6-4-2/h1,4,6-7H,5H2,2H3. The van der Waals surface area contributed by atoms with Crippen LogP contribution in [-0.4, -0.2) is 6.54 Å². The first-order valence-corrected chi connectivity index (χ1v) is 2.20. The maximum absolute atomic E-state index is 4.92. The Kier molecular flexibility index (Phi) is 4.44. The van der Waals surface area contributed by atoms with Crippen molar-refractivity contribution in [2.24, 2.45) is 0 Å². The number of terminal acetylenes is 1. The zero-order valence-electron chi connectivity index (χ0n) is 4.44. The molecule has 0 aromatic carbocycles. The Bertz CT molecular complexity index is 86.8. The quantitative estimate of drug-likeness (QED) is 0.394. The lowest BCUT2D eigenvalue weighted by molar-refractivity contribution is 1.01. The fourth-order valence-electron chi connectivity index (χ4n) is 0.236. The second-order valence-electron chi connectivity index (χ2n) is 1.09. The van der Waals surface area contributed by atoms with Crippen molar-refractivity contribution in [1.82, 2.24) is 5.32 Å². The van der Waals surface area contributed by atoms with Crippen molar-refractivity contribution >= 4 is 0 Å². The lowest BCUT2D eigenvalue weighted by atomic mass is 10.6. The third kappa shape index (κ3) is 5.10. The van der Waals surface area contributed by atoms with Crippen LogP contribution in [0, 0.1) is 12.3 Å². The first kappa shape index (κ1) is 6.10. The Balaban J connectivity index is 2.87. The monoisotopic (exact) mass is 95.1 g/mol. The van der Waals surface area contributed by atoms with Crippen LogP contribution in [0.3, 0.4) is 0 Å². The van der Waals surface area contributed by atoms with Gasteiger partial charge in [0, 0.05) is 0 Å². The molecule has 0 radical (unpaired) electrons. The van der Waals surface area contributed by atoms with E-state index in [2.05, 4.69) is 11.2 Å². The summed E-state index contributed by atoms with van der Waals surface area (Å²) in [6.45, 7) is 2.55. The minimum Gasteiger partial charge on any atom is -0.380 e. The van der Waals surface area contributed by atoms with E-state index < -0.39 is 0 Å². The lowest BCUT2D eigenvalue weighted by Gasteiger charge is -1.85. The maximum Gasteiger partial charge on any atom is 0.0758 e. The lowest BCUT2D eigenvalue weighted by Crippen LogP contribution is -2.02. The smallest absolute Gasteiger partial charge is 0.0758 e. The van der Waals surface area contributed by atoms with Gasteiger partial charge in [0.2, 0.25) is 0 Å². The van der Waals surface area contributed by atoms with Gasteiger partial charge in [-0.25, -0.2) is 0 Å². The van der Waals surface area contributed by atoms with Crippen LogP contribution < -0.4 is 5.32 Å². The molecular formula is C6H9N. The van der Waals surface area contributed by atoms with E-state index in [1.54, 1.807) is 0 Å². The van der Waals surface area contributed by atoms with Gasteiger partial charge in [0.15, 0.2) is 0 Å². The number of nitrogens with one attached hydrogen (secondary N) is 1. The SMILES string of the molecule is C#CCNC=CC. The molecule has 7 heavy (non-hydrogen) atoms. The normalized spacial score (nSPS) is 8.57. The molecule has 0 saturated heterocycles. The van der Waals surface area contributed by atoms with Crippen LogP contribution in [0.2, 0.25) is 0 Å². The fourth-order valence-corrected chi connectivity index (χ4v) is 0.236. The molecule has 0 spiro atoms. The molecule has 0 aromatic heterocycles. The Hall–Kier alpha value is -0.900. The van der Waals surface area contributed by atoms with E-state index in [-0.39, 0.29) is 0 Å². The Labute approximate surface area is 44.4 Å². The van der Waals surface area contributed by atoms with E-state index in [4.69, 9.17) is 6.42 Å². The molecule has 1 N–H and O–H groups in total. The van der Waals surface area contributed by atoms with E-state index in [9.17, 15) is 0 Å². The first-order chi connectivity index (χ1) is 3.41. The molecule has 1 nitrogen and oxygen atoms in total. The molecule has 0 fully saturated rings. The van der Waals surface area contributed by atoms with Crippen LogP contribution in [0.15, 0.2) is 12.3 Å². The van der Waals surface area contributed by atoms with Gasteiger partial charge in [-0.1, -0.05) is 12.0 Å². The van der Waals surface area contributed by atoms with Gasteiger partial charge in [0.1, 0.15) is 0 Å². The average molecular weight is 95.1 g/mol. The van der Waals surface area contributed by atoms with Gasteiger partial charge in [0.05, 0.1) is 6.54 Å². The van der Waals surface area contributed by atoms with Gasteiger partial charge in [0.25, 0.3) is 0 Å². The average Bonchev–Trinajstić information content (AvgIpc) is 1.69. The highest BCUT2D eigenvalue weighted by Gasteiger charge is 1.62. The third-order valence-corrected chi connectivity index (χ3v) is 0.489. The van der Waals surface area contributed by atoms with Crippen LogP contribution >= 0.6 is 0 Å². The first-order valence-electron chi connectivity index (χ1n) is 2.20. The zero-order valence-corrected chi connectivity index (χ0v) is 4.44. The second kappa shape index (κ2) is 5.10. The number of rotatable bonds is 2. The topological polar surface area (TPSA) is 12.0 Å². The summed E-state index contributed by atoms with van der Waals surface area (Å²) in [5.41, 5.74) is 0. The van der Waals surface area contributed by atoms with E-state index in [0.717, 1.165) is 0 Å². The van der Waals surface area contributed by atoms with Crippen molar-refractivity contribution in [2.75, 3.05) is 6.54 Å². The van der Waals surface area contributed by atoms with Gasteiger partial charge >= 0.3 is 0 Å². The van der Waals surface area contributed by atoms with Crippen LogP contribution in [0.1, 0.15) is 6.92 Å². The molecule has 0 rings (SSSR count). The highest BCUT2D eigenvalue weighted by atomic mass is 14.8. The Morgan fingerprint density at radius 3 is 3.00 bits per heavy atom. The molecule has 38 valence electrons. The van der Waals surface area contributed by atoms with Gasteiger partial charge < -0.3 is 5.32 Å². The summed E-state index contributed by atoms with van der Waals surface area (Å²) in [5, 5.41) is 2.87. The molecule has 0 unspecified atom stereocenters. The Morgan fingerprint density at radius 2 is 2.57 bits per heavy atom. The van der Waals surface area contributed by atoms with Crippen LogP contribution in [-0.2, 0) is 0 Å². The summed E-state index contributed by atoms with van der Waals surface area (Å²) in [6.07, 6.45) is 8.64. The van der Waals surface area contributed by atoms with Crippen LogP contribution in [0.5, 0.6) is 0 Å². The predicted molar refractivity (Wildman–Crippen MR) is 31.6 cm³/mol. The minimum absolute atomic E-state index is 0.615. The molecule has 0 atom stereocenters. The number of allylic oxidation sites excluding steroid dienone is 1. The summed E-state index contributed by atoms with van der Waals surface area (Å²) in [5.74, 6) is 2.44. The van der Waals surface area contributed by atoms with Gasteiger partial charge in [-0.15, -0.1) is 6.42 Å². The molecular weight excluding hydrogens is 86.1 g/mol. The highest BCUT2D eigenvalue weighted by Crippen LogP contribution is 1.59. The van der Waals surface area contributed by atoms with E-state index in [1.165, 1.54) is 0 Å². The van der Waals surface area contributed by atoms with Gasteiger partial charge in [-0.3, -0.25) is 0 Å². The molecule has 0 aliphatic heterocycles. The fraction of sp³-hybridized carbons (Fsp3) is 0.333. The van der Waals surface area contributed by atoms with Crippen LogP contribution in [0.4, 0.5) is 0 Å². The molecule has 0 aliphatic carbocycles. The predicted octanol–water partition coefficient (Wildman–Crippen LogP) is 0.743. The van der Waals surface area contributed by atoms with Gasteiger partial charge in [-0.05, 0) is 13.1 Å². The Morgan fingerprint density at radius 1 is 1.86 bits per heavy atom. The van der Waals surface area contributed by atoms with Crippen LogP contribution in [0.25, 0.3) is 0 Å². The van der Waals surface area contributed by atoms with E-state index in [0.29, 0.717) is 6.54 Å². The molecule has 0 saturated carbocycles. The summed E-state index contributed by atoms with van der Waals surface area (Å²) in [4.78, 5) is 0. The van der Waals surface area contributed by atoms with Crippen molar-refractivity contribution in [2.45, 2.75) is 6.92 Å². The largest absolute Gasteiger partial charge is 0.380 e. The molecule has 0 aromatic rings. The highest BCUT2D eigenvalue weighted by molar-refractivity contribution is 4.89. The summed E-state index contributed by atoms with van der Waals surface area (Å²) in [7, 11) is 0. The molecule has 1 heteroatoms. The zero-order chi connectivity index (χ0) is 5.54. The van der Waals surface area contributed by atoms with Crippen molar-refractivity contribution in [3.05, 3.63) is 12.3 Å². The summed E-state index contributed by atoms with van der Waals surface area (Å²) in [6, 6.07) is 0. The third-order valence-electron chi connectivity index (χ3n) is 0.489.